The van der Waals surface area contributed by atoms with Gasteiger partial charge in [0.25, 0.3) is 0 Å². The number of halogens is 1. The van der Waals surface area contributed by atoms with Crippen LogP contribution in [-0.4, -0.2) is 29.8 Å². The van der Waals surface area contributed by atoms with Crippen molar-refractivity contribution in [3.8, 4) is 11.5 Å². The van der Waals surface area contributed by atoms with Crippen LogP contribution in [0.5, 0.6) is 11.5 Å². The Morgan fingerprint density at radius 3 is 2.79 bits per heavy atom. The Labute approximate surface area is 179 Å². The van der Waals surface area contributed by atoms with Crippen LogP contribution in [0.3, 0.4) is 0 Å². The van der Waals surface area contributed by atoms with Crippen molar-refractivity contribution < 1.29 is 19.7 Å². The van der Waals surface area contributed by atoms with Gasteiger partial charge in [0, 0.05) is 22.2 Å². The first-order chi connectivity index (χ1) is 13.5. The summed E-state index contributed by atoms with van der Waals surface area (Å²) in [5.74, 6) is 0.104. The first kappa shape index (κ1) is 20.8. The molecular formula is C22H26INO4. The summed E-state index contributed by atoms with van der Waals surface area (Å²) >= 11 is 2.34. The first-order valence-corrected chi connectivity index (χ1v) is 10.7. The normalized spacial score (nSPS) is 15.7. The lowest BCUT2D eigenvalue weighted by Crippen LogP contribution is -2.12. The molecule has 1 unspecified atom stereocenters. The average Bonchev–Trinajstić information content (AvgIpc) is 2.68. The van der Waals surface area contributed by atoms with Crippen molar-refractivity contribution in [3.63, 3.8) is 0 Å². The highest BCUT2D eigenvalue weighted by atomic mass is 127. The molecule has 2 aromatic rings. The van der Waals surface area contributed by atoms with E-state index < -0.39 is 0 Å². The van der Waals surface area contributed by atoms with E-state index in [1.807, 2.05) is 0 Å². The van der Waals surface area contributed by atoms with Crippen molar-refractivity contribution in [2.24, 2.45) is 0 Å². The molecule has 5 nitrogen and oxygen atoms in total. The number of phenolic OH excluding ortho intramolecular Hbond substituents is 2. The Balaban J connectivity index is 1.64. The molecule has 0 saturated heterocycles. The van der Waals surface area contributed by atoms with Gasteiger partial charge in [0.2, 0.25) is 0 Å². The van der Waals surface area contributed by atoms with E-state index in [0.29, 0.717) is 12.3 Å². The van der Waals surface area contributed by atoms with E-state index in [-0.39, 0.29) is 17.5 Å². The molecule has 150 valence electrons. The van der Waals surface area contributed by atoms with E-state index in [2.05, 4.69) is 50.8 Å². The molecule has 0 aromatic heterocycles. The van der Waals surface area contributed by atoms with Gasteiger partial charge in [-0.15, -0.1) is 0 Å². The lowest BCUT2D eigenvalue weighted by atomic mass is 9.79. The molecule has 0 aliphatic heterocycles. The molecule has 0 amide bonds. The van der Waals surface area contributed by atoms with Crippen LogP contribution in [0.2, 0.25) is 0 Å². The third-order valence-corrected chi connectivity index (χ3v) is 6.18. The summed E-state index contributed by atoms with van der Waals surface area (Å²) in [6.07, 6.45) is 5.20. The van der Waals surface area contributed by atoms with E-state index in [1.165, 1.54) is 12.7 Å². The number of fused-ring (bicyclic) bond motifs is 1. The Bertz CT molecular complexity index is 853. The second-order valence-electron chi connectivity index (χ2n) is 7.25. The van der Waals surface area contributed by atoms with Crippen LogP contribution in [0, 0.1) is 3.57 Å². The zero-order chi connectivity index (χ0) is 20.1. The standard InChI is InChI=1S/C22H26INO4/c1-28-22(27)6-3-9-24-19-8-7-14(11-18(19)23)10-15-4-2-5-16-12-20(25)21(26)13-17(15)16/h7-8,11-13,15,24-26H,2-6,9-10H2,1H3. The van der Waals surface area contributed by atoms with Crippen LogP contribution in [0.25, 0.3) is 0 Å². The summed E-state index contributed by atoms with van der Waals surface area (Å²) < 4.78 is 5.81. The molecule has 1 aliphatic rings. The van der Waals surface area contributed by atoms with Crippen LogP contribution >= 0.6 is 22.6 Å². The molecule has 1 atom stereocenters. The number of hydrogen-bond donors (Lipinski definition) is 3. The molecule has 0 fully saturated rings. The van der Waals surface area contributed by atoms with E-state index >= 15 is 0 Å². The van der Waals surface area contributed by atoms with Crippen molar-refractivity contribution in [3.05, 3.63) is 50.6 Å². The molecule has 0 saturated carbocycles. The van der Waals surface area contributed by atoms with Gasteiger partial charge >= 0.3 is 5.97 Å². The van der Waals surface area contributed by atoms with E-state index in [1.54, 1.807) is 12.1 Å². The summed E-state index contributed by atoms with van der Waals surface area (Å²) in [7, 11) is 1.41. The third kappa shape index (κ3) is 5.10. The summed E-state index contributed by atoms with van der Waals surface area (Å²) in [5.41, 5.74) is 4.63. The summed E-state index contributed by atoms with van der Waals surface area (Å²) in [6.45, 7) is 0.725. The maximum absolute atomic E-state index is 11.2. The molecule has 3 N–H and O–H groups in total. The largest absolute Gasteiger partial charge is 0.504 e. The zero-order valence-electron chi connectivity index (χ0n) is 16.0. The second-order valence-corrected chi connectivity index (χ2v) is 8.42. The topological polar surface area (TPSA) is 78.8 Å². The fraction of sp³-hybridized carbons (Fsp3) is 0.409. The fourth-order valence-electron chi connectivity index (χ4n) is 3.81. The fourth-order valence-corrected chi connectivity index (χ4v) is 4.58. The second kappa shape index (κ2) is 9.49. The van der Waals surface area contributed by atoms with E-state index in [9.17, 15) is 15.0 Å². The molecule has 3 rings (SSSR count). The van der Waals surface area contributed by atoms with E-state index in [4.69, 9.17) is 0 Å². The minimum atomic E-state index is -0.182. The molecule has 2 aromatic carbocycles. The van der Waals surface area contributed by atoms with Crippen LogP contribution in [0.1, 0.15) is 48.3 Å². The van der Waals surface area contributed by atoms with Crippen molar-refractivity contribution in [2.45, 2.75) is 44.4 Å². The van der Waals surface area contributed by atoms with Gasteiger partial charge in [-0.05, 0) is 102 Å². The molecule has 0 radical (unpaired) electrons. The number of aromatic hydroxyl groups is 2. The number of aryl methyl sites for hydroxylation is 1. The number of methoxy groups -OCH3 is 1. The van der Waals surface area contributed by atoms with Crippen molar-refractivity contribution in [1.82, 2.24) is 0 Å². The molecule has 28 heavy (non-hydrogen) atoms. The van der Waals surface area contributed by atoms with Crippen molar-refractivity contribution in [1.29, 1.82) is 0 Å². The summed E-state index contributed by atoms with van der Waals surface area (Å²) in [6, 6.07) is 9.86. The highest BCUT2D eigenvalue weighted by Crippen LogP contribution is 2.39. The summed E-state index contributed by atoms with van der Waals surface area (Å²) in [5, 5.41) is 23.0. The van der Waals surface area contributed by atoms with Gasteiger partial charge in [-0.1, -0.05) is 6.07 Å². The van der Waals surface area contributed by atoms with Gasteiger partial charge in [-0.25, -0.2) is 0 Å². The van der Waals surface area contributed by atoms with Crippen LogP contribution in [0.15, 0.2) is 30.3 Å². The lowest BCUT2D eigenvalue weighted by Gasteiger charge is -2.26. The number of esters is 1. The number of benzene rings is 2. The van der Waals surface area contributed by atoms with Crippen LogP contribution < -0.4 is 5.32 Å². The molecular weight excluding hydrogens is 469 g/mol. The highest BCUT2D eigenvalue weighted by Gasteiger charge is 2.22. The monoisotopic (exact) mass is 495 g/mol. The number of anilines is 1. The maximum Gasteiger partial charge on any atom is 0.305 e. The minimum Gasteiger partial charge on any atom is -0.504 e. The Hall–Kier alpha value is -1.96. The number of carbonyl (C=O) groups is 1. The van der Waals surface area contributed by atoms with Gasteiger partial charge in [-0.3, -0.25) is 4.79 Å². The SMILES string of the molecule is COC(=O)CCCNc1ccc(CC2CCCc3cc(O)c(O)cc32)cc1I. The molecule has 0 bridgehead atoms. The summed E-state index contributed by atoms with van der Waals surface area (Å²) in [4.78, 5) is 11.2. The Morgan fingerprint density at radius 2 is 2.04 bits per heavy atom. The van der Waals surface area contributed by atoms with Crippen molar-refractivity contribution in [2.75, 3.05) is 19.0 Å². The van der Waals surface area contributed by atoms with Gasteiger partial charge in [-0.2, -0.15) is 0 Å². The predicted octanol–water partition coefficient (Wildman–Crippen LogP) is 4.73. The molecule has 0 spiro atoms. The zero-order valence-corrected chi connectivity index (χ0v) is 18.2. The Kier molecular flexibility index (Phi) is 7.04. The van der Waals surface area contributed by atoms with Gasteiger partial charge in [0.05, 0.1) is 7.11 Å². The highest BCUT2D eigenvalue weighted by molar-refractivity contribution is 14.1. The minimum absolute atomic E-state index is 0.0309. The number of ether oxygens (including phenoxy) is 1. The Morgan fingerprint density at radius 1 is 1.25 bits per heavy atom. The van der Waals surface area contributed by atoms with Crippen molar-refractivity contribution >= 4 is 34.2 Å². The van der Waals surface area contributed by atoms with Gasteiger partial charge in [0.15, 0.2) is 11.5 Å². The van der Waals surface area contributed by atoms with Gasteiger partial charge < -0.3 is 20.3 Å². The average molecular weight is 495 g/mol. The first-order valence-electron chi connectivity index (χ1n) is 9.61. The number of rotatable bonds is 7. The van der Waals surface area contributed by atoms with Gasteiger partial charge in [0.1, 0.15) is 0 Å². The number of hydrogen-bond acceptors (Lipinski definition) is 5. The van der Waals surface area contributed by atoms with E-state index in [0.717, 1.165) is 59.0 Å². The molecule has 0 heterocycles. The predicted molar refractivity (Wildman–Crippen MR) is 118 cm³/mol. The molecule has 1 aliphatic carbocycles. The van der Waals surface area contributed by atoms with Crippen LogP contribution in [0.4, 0.5) is 5.69 Å². The lowest BCUT2D eigenvalue weighted by molar-refractivity contribution is -0.140. The van der Waals surface area contributed by atoms with Crippen LogP contribution in [-0.2, 0) is 22.4 Å². The number of phenols is 2. The third-order valence-electron chi connectivity index (χ3n) is 5.29. The molecule has 6 heteroatoms. The quantitative estimate of drug-likeness (QED) is 0.224. The smallest absolute Gasteiger partial charge is 0.305 e. The maximum atomic E-state index is 11.2. The number of nitrogens with one attached hydrogen (secondary N) is 1. The number of carbonyl (C=O) groups excluding carboxylic acids is 1.